The van der Waals surface area contributed by atoms with Gasteiger partial charge in [-0.05, 0) is 19.1 Å². The predicted molar refractivity (Wildman–Crippen MR) is 77.4 cm³/mol. The zero-order valence-corrected chi connectivity index (χ0v) is 12.4. The highest BCUT2D eigenvalue weighted by Crippen LogP contribution is 2.25. The molecule has 1 amide bonds. The molecule has 116 valence electrons. The van der Waals surface area contributed by atoms with Crippen LogP contribution < -0.4 is 14.8 Å². The third kappa shape index (κ3) is 5.31. The molecular weight excluding hydrogens is 276 g/mol. The Morgan fingerprint density at radius 2 is 2.14 bits per heavy atom. The number of carbonyl (C=O) groups is 1. The Labute approximate surface area is 123 Å². The first kappa shape index (κ1) is 16.8. The van der Waals surface area contributed by atoms with Gasteiger partial charge in [-0.2, -0.15) is 0 Å². The Kier molecular flexibility index (Phi) is 7.03. The highest BCUT2D eigenvalue weighted by Gasteiger charge is 2.11. The van der Waals surface area contributed by atoms with E-state index in [9.17, 15) is 4.79 Å². The van der Waals surface area contributed by atoms with Gasteiger partial charge in [-0.15, -0.1) is 0 Å². The maximum atomic E-state index is 11.6. The van der Waals surface area contributed by atoms with E-state index < -0.39 is 0 Å². The standard InChI is InChI=1S/C14H20N2O5/c1-10(16-18)12-5-4-11(20-3)8-13(12)21-9-14(17)15-6-7-19-2/h4-5,8,18H,6-7,9H2,1-3H3,(H,15,17)/b16-10+. The van der Waals surface area contributed by atoms with Crippen LogP contribution in [-0.4, -0.2) is 50.8 Å². The maximum Gasteiger partial charge on any atom is 0.258 e. The van der Waals surface area contributed by atoms with Gasteiger partial charge in [-0.3, -0.25) is 4.79 Å². The summed E-state index contributed by atoms with van der Waals surface area (Å²) in [6.07, 6.45) is 0. The smallest absolute Gasteiger partial charge is 0.258 e. The largest absolute Gasteiger partial charge is 0.497 e. The topological polar surface area (TPSA) is 89.4 Å². The molecule has 7 heteroatoms. The minimum absolute atomic E-state index is 0.150. The number of oxime groups is 1. The van der Waals surface area contributed by atoms with E-state index >= 15 is 0 Å². The molecule has 0 radical (unpaired) electrons. The first-order valence-electron chi connectivity index (χ1n) is 6.37. The molecule has 0 aliphatic rings. The van der Waals surface area contributed by atoms with Crippen LogP contribution in [0.25, 0.3) is 0 Å². The summed E-state index contributed by atoms with van der Waals surface area (Å²) >= 11 is 0. The summed E-state index contributed by atoms with van der Waals surface area (Å²) in [5.74, 6) is 0.727. The van der Waals surface area contributed by atoms with Gasteiger partial charge in [-0.25, -0.2) is 0 Å². The van der Waals surface area contributed by atoms with E-state index in [1.165, 1.54) is 7.11 Å². The molecule has 0 unspecified atom stereocenters. The number of ether oxygens (including phenoxy) is 3. The van der Waals surface area contributed by atoms with E-state index in [1.54, 1.807) is 32.2 Å². The van der Waals surface area contributed by atoms with Gasteiger partial charge in [0.25, 0.3) is 5.91 Å². The lowest BCUT2D eigenvalue weighted by Crippen LogP contribution is -2.31. The highest BCUT2D eigenvalue weighted by molar-refractivity contribution is 6.01. The van der Waals surface area contributed by atoms with E-state index in [0.29, 0.717) is 35.9 Å². The quantitative estimate of drug-likeness (QED) is 0.324. The van der Waals surface area contributed by atoms with Crippen LogP contribution >= 0.6 is 0 Å². The van der Waals surface area contributed by atoms with Gasteiger partial charge < -0.3 is 24.7 Å². The van der Waals surface area contributed by atoms with E-state index in [1.807, 2.05) is 0 Å². The molecule has 21 heavy (non-hydrogen) atoms. The molecule has 0 aromatic heterocycles. The molecule has 0 heterocycles. The summed E-state index contributed by atoms with van der Waals surface area (Å²) in [4.78, 5) is 11.6. The molecule has 0 aliphatic carbocycles. The molecular formula is C14H20N2O5. The average Bonchev–Trinajstić information content (AvgIpc) is 2.52. The fourth-order valence-corrected chi connectivity index (χ4v) is 1.59. The van der Waals surface area contributed by atoms with Crippen molar-refractivity contribution in [2.75, 3.05) is 34.0 Å². The number of carbonyl (C=O) groups excluding carboxylic acids is 1. The zero-order valence-electron chi connectivity index (χ0n) is 12.4. The summed E-state index contributed by atoms with van der Waals surface area (Å²) in [6.45, 7) is 2.34. The number of nitrogens with one attached hydrogen (secondary N) is 1. The lowest BCUT2D eigenvalue weighted by atomic mass is 10.1. The Hall–Kier alpha value is -2.28. The molecule has 0 atom stereocenters. The maximum absolute atomic E-state index is 11.6. The monoisotopic (exact) mass is 296 g/mol. The van der Waals surface area contributed by atoms with Crippen molar-refractivity contribution >= 4 is 11.6 Å². The summed E-state index contributed by atoms with van der Waals surface area (Å²) < 4.78 is 15.4. The minimum atomic E-state index is -0.264. The van der Waals surface area contributed by atoms with Crippen LogP contribution in [0.5, 0.6) is 11.5 Å². The number of hydrogen-bond acceptors (Lipinski definition) is 6. The second-order valence-electron chi connectivity index (χ2n) is 4.18. The first-order valence-corrected chi connectivity index (χ1v) is 6.37. The van der Waals surface area contributed by atoms with Gasteiger partial charge >= 0.3 is 0 Å². The molecule has 0 aliphatic heterocycles. The number of rotatable bonds is 8. The van der Waals surface area contributed by atoms with Crippen LogP contribution in [0.2, 0.25) is 0 Å². The van der Waals surface area contributed by atoms with Crippen LogP contribution in [0.15, 0.2) is 23.4 Å². The second kappa shape index (κ2) is 8.80. The molecule has 1 rings (SSSR count). The van der Waals surface area contributed by atoms with E-state index in [-0.39, 0.29) is 12.5 Å². The van der Waals surface area contributed by atoms with Gasteiger partial charge in [0.1, 0.15) is 11.5 Å². The fourth-order valence-electron chi connectivity index (χ4n) is 1.59. The van der Waals surface area contributed by atoms with Crippen molar-refractivity contribution in [3.8, 4) is 11.5 Å². The molecule has 0 spiro atoms. The first-order chi connectivity index (χ1) is 10.1. The predicted octanol–water partition coefficient (Wildman–Crippen LogP) is 1.03. The summed E-state index contributed by atoms with van der Waals surface area (Å²) in [7, 11) is 3.09. The van der Waals surface area contributed by atoms with Gasteiger partial charge in [0.2, 0.25) is 0 Å². The van der Waals surface area contributed by atoms with Crippen LogP contribution in [0, 0.1) is 0 Å². The van der Waals surface area contributed by atoms with Gasteiger partial charge in [0.05, 0.1) is 19.4 Å². The average molecular weight is 296 g/mol. The summed E-state index contributed by atoms with van der Waals surface area (Å²) in [5, 5.41) is 14.7. The van der Waals surface area contributed by atoms with Crippen molar-refractivity contribution in [2.45, 2.75) is 6.92 Å². The minimum Gasteiger partial charge on any atom is -0.497 e. The molecule has 2 N–H and O–H groups in total. The number of amides is 1. The molecule has 0 fully saturated rings. The number of methoxy groups -OCH3 is 2. The zero-order chi connectivity index (χ0) is 15.7. The molecule has 1 aromatic rings. The molecule has 0 bridgehead atoms. The fraction of sp³-hybridized carbons (Fsp3) is 0.429. The normalized spacial score (nSPS) is 11.1. The van der Waals surface area contributed by atoms with Crippen molar-refractivity contribution in [1.29, 1.82) is 0 Å². The van der Waals surface area contributed by atoms with Crippen molar-refractivity contribution in [3.05, 3.63) is 23.8 Å². The van der Waals surface area contributed by atoms with Crippen molar-refractivity contribution < 1.29 is 24.2 Å². The van der Waals surface area contributed by atoms with Crippen LogP contribution in [0.1, 0.15) is 12.5 Å². The Morgan fingerprint density at radius 1 is 1.38 bits per heavy atom. The number of nitrogens with zero attached hydrogens (tertiary/aromatic N) is 1. The summed E-state index contributed by atoms with van der Waals surface area (Å²) in [5.41, 5.74) is 0.968. The van der Waals surface area contributed by atoms with Crippen LogP contribution in [-0.2, 0) is 9.53 Å². The summed E-state index contributed by atoms with van der Waals surface area (Å²) in [6, 6.07) is 5.05. The van der Waals surface area contributed by atoms with E-state index in [2.05, 4.69) is 10.5 Å². The number of hydrogen-bond donors (Lipinski definition) is 2. The molecule has 7 nitrogen and oxygen atoms in total. The third-order valence-corrected chi connectivity index (χ3v) is 2.72. The van der Waals surface area contributed by atoms with Crippen molar-refractivity contribution in [1.82, 2.24) is 5.32 Å². The molecule has 1 aromatic carbocycles. The third-order valence-electron chi connectivity index (χ3n) is 2.72. The Balaban J connectivity index is 2.73. The van der Waals surface area contributed by atoms with Gasteiger partial charge in [0, 0.05) is 25.3 Å². The van der Waals surface area contributed by atoms with E-state index in [0.717, 1.165) is 0 Å². The lowest BCUT2D eigenvalue weighted by Gasteiger charge is -2.12. The highest BCUT2D eigenvalue weighted by atomic mass is 16.5. The molecule has 0 saturated carbocycles. The van der Waals surface area contributed by atoms with Crippen LogP contribution in [0.4, 0.5) is 0 Å². The van der Waals surface area contributed by atoms with Crippen molar-refractivity contribution in [3.63, 3.8) is 0 Å². The van der Waals surface area contributed by atoms with Gasteiger partial charge in [0.15, 0.2) is 6.61 Å². The Bertz CT molecular complexity index is 502. The van der Waals surface area contributed by atoms with Gasteiger partial charge in [-0.1, -0.05) is 5.16 Å². The lowest BCUT2D eigenvalue weighted by molar-refractivity contribution is -0.123. The Morgan fingerprint density at radius 3 is 2.76 bits per heavy atom. The second-order valence-corrected chi connectivity index (χ2v) is 4.18. The van der Waals surface area contributed by atoms with Crippen LogP contribution in [0.3, 0.4) is 0 Å². The van der Waals surface area contributed by atoms with Crippen molar-refractivity contribution in [2.24, 2.45) is 5.16 Å². The SMILES string of the molecule is COCCNC(=O)COc1cc(OC)ccc1/C(C)=N/O. The molecule has 0 saturated heterocycles. The van der Waals surface area contributed by atoms with E-state index in [4.69, 9.17) is 19.4 Å². The number of benzene rings is 1.